The fourth-order valence-electron chi connectivity index (χ4n) is 2.12. The number of aliphatic hydroxyl groups excluding tert-OH is 1. The Morgan fingerprint density at radius 1 is 1.11 bits per heavy atom. The lowest BCUT2D eigenvalue weighted by atomic mass is 9.96. The predicted octanol–water partition coefficient (Wildman–Crippen LogP) is 4.26. The summed E-state index contributed by atoms with van der Waals surface area (Å²) in [6.07, 6.45) is 0. The van der Waals surface area contributed by atoms with Gasteiger partial charge in [0.2, 0.25) is 0 Å². The Bertz CT molecular complexity index is 570. The van der Waals surface area contributed by atoms with Crippen molar-refractivity contribution in [1.82, 2.24) is 0 Å². The minimum absolute atomic E-state index is 0.00399. The molecule has 0 saturated carbocycles. The van der Waals surface area contributed by atoms with Crippen molar-refractivity contribution in [2.45, 2.75) is 20.5 Å². The molecule has 0 heterocycles. The third-order valence-electron chi connectivity index (χ3n) is 3.09. The van der Waals surface area contributed by atoms with Crippen molar-refractivity contribution in [3.05, 3.63) is 57.9 Å². The minimum Gasteiger partial charge on any atom is -0.392 e. The van der Waals surface area contributed by atoms with Crippen LogP contribution in [0.2, 0.25) is 5.02 Å². The van der Waals surface area contributed by atoms with Crippen molar-refractivity contribution in [1.29, 1.82) is 0 Å². The van der Waals surface area contributed by atoms with Gasteiger partial charge in [-0.2, -0.15) is 0 Å². The van der Waals surface area contributed by atoms with Crippen LogP contribution < -0.4 is 0 Å². The molecule has 3 heteroatoms. The molecule has 2 aromatic carbocycles. The topological polar surface area (TPSA) is 20.2 Å². The van der Waals surface area contributed by atoms with Gasteiger partial charge in [0.1, 0.15) is 5.82 Å². The lowest BCUT2D eigenvalue weighted by molar-refractivity contribution is 0.280. The molecule has 0 aliphatic heterocycles. The first kappa shape index (κ1) is 13.1. The van der Waals surface area contributed by atoms with Crippen molar-refractivity contribution in [2.75, 3.05) is 0 Å². The van der Waals surface area contributed by atoms with Gasteiger partial charge in [0.15, 0.2) is 0 Å². The van der Waals surface area contributed by atoms with Gasteiger partial charge in [0, 0.05) is 10.6 Å². The molecule has 0 radical (unpaired) electrons. The molecule has 0 saturated heterocycles. The fourth-order valence-corrected chi connectivity index (χ4v) is 2.29. The number of rotatable bonds is 2. The Morgan fingerprint density at radius 3 is 2.28 bits per heavy atom. The summed E-state index contributed by atoms with van der Waals surface area (Å²) in [4.78, 5) is 0. The Kier molecular flexibility index (Phi) is 3.69. The summed E-state index contributed by atoms with van der Waals surface area (Å²) in [5, 5.41) is 9.77. The van der Waals surface area contributed by atoms with Crippen LogP contribution in [0.3, 0.4) is 0 Å². The van der Waals surface area contributed by atoms with E-state index < -0.39 is 0 Å². The predicted molar refractivity (Wildman–Crippen MR) is 72.2 cm³/mol. The molecule has 1 nitrogen and oxygen atoms in total. The van der Waals surface area contributed by atoms with Crippen LogP contribution in [-0.4, -0.2) is 5.11 Å². The van der Waals surface area contributed by atoms with Crippen LogP contribution >= 0.6 is 11.6 Å². The van der Waals surface area contributed by atoms with Gasteiger partial charge in [-0.05, 0) is 54.3 Å². The summed E-state index contributed by atoms with van der Waals surface area (Å²) in [7, 11) is 0. The summed E-state index contributed by atoms with van der Waals surface area (Å²) < 4.78 is 13.8. The highest BCUT2D eigenvalue weighted by Crippen LogP contribution is 2.29. The molecule has 2 aromatic rings. The Morgan fingerprint density at radius 2 is 1.72 bits per heavy atom. The highest BCUT2D eigenvalue weighted by Gasteiger charge is 2.10. The van der Waals surface area contributed by atoms with Gasteiger partial charge in [-0.3, -0.25) is 0 Å². The van der Waals surface area contributed by atoms with Gasteiger partial charge in [-0.1, -0.05) is 23.7 Å². The van der Waals surface area contributed by atoms with Crippen molar-refractivity contribution >= 4 is 11.6 Å². The highest BCUT2D eigenvalue weighted by molar-refractivity contribution is 6.30. The normalized spacial score (nSPS) is 10.7. The molecule has 0 spiro atoms. The van der Waals surface area contributed by atoms with Crippen LogP contribution in [0.4, 0.5) is 4.39 Å². The van der Waals surface area contributed by atoms with Crippen LogP contribution in [0.5, 0.6) is 0 Å². The van der Waals surface area contributed by atoms with Crippen LogP contribution in [0.1, 0.15) is 16.7 Å². The van der Waals surface area contributed by atoms with E-state index in [1.807, 2.05) is 26.0 Å². The summed E-state index contributed by atoms with van der Waals surface area (Å²) in [5.41, 5.74) is 4.06. The molecule has 0 amide bonds. The molecule has 0 unspecified atom stereocenters. The highest BCUT2D eigenvalue weighted by atomic mass is 35.5. The van der Waals surface area contributed by atoms with E-state index in [0.29, 0.717) is 10.6 Å². The number of benzene rings is 2. The molecule has 18 heavy (non-hydrogen) atoms. The zero-order chi connectivity index (χ0) is 13.3. The zero-order valence-corrected chi connectivity index (χ0v) is 11.1. The Balaban J connectivity index is 2.61. The Labute approximate surface area is 111 Å². The van der Waals surface area contributed by atoms with Crippen molar-refractivity contribution < 1.29 is 9.50 Å². The van der Waals surface area contributed by atoms with E-state index in [1.54, 1.807) is 6.07 Å². The summed E-state index contributed by atoms with van der Waals surface area (Å²) in [6.45, 7) is 3.81. The maximum absolute atomic E-state index is 13.8. The molecule has 0 aliphatic rings. The molecule has 2 rings (SSSR count). The van der Waals surface area contributed by atoms with Gasteiger partial charge in [-0.15, -0.1) is 0 Å². The lowest BCUT2D eigenvalue weighted by Gasteiger charge is -2.11. The molecule has 1 N–H and O–H groups in total. The van der Waals surface area contributed by atoms with E-state index in [0.717, 1.165) is 22.3 Å². The maximum atomic E-state index is 13.8. The average Bonchev–Trinajstić information content (AvgIpc) is 2.32. The van der Waals surface area contributed by atoms with Gasteiger partial charge in [-0.25, -0.2) is 4.39 Å². The summed E-state index contributed by atoms with van der Waals surface area (Å²) in [5.74, 6) is -0.296. The first-order chi connectivity index (χ1) is 8.52. The Hall–Kier alpha value is -1.38. The number of hydrogen-bond donors (Lipinski definition) is 1. The van der Waals surface area contributed by atoms with E-state index in [1.165, 1.54) is 12.1 Å². The quantitative estimate of drug-likeness (QED) is 0.859. The minimum atomic E-state index is -0.296. The largest absolute Gasteiger partial charge is 0.392 e. The van der Waals surface area contributed by atoms with Gasteiger partial charge in [0.25, 0.3) is 0 Å². The van der Waals surface area contributed by atoms with Crippen LogP contribution in [0.25, 0.3) is 11.1 Å². The standard InChI is InChI=1S/C15H14ClFO/c1-9-5-11(6-10(2)14(9)8-18)13-7-12(16)3-4-15(13)17/h3-7,18H,8H2,1-2H3. The van der Waals surface area contributed by atoms with Crippen molar-refractivity contribution in [3.8, 4) is 11.1 Å². The SMILES string of the molecule is Cc1cc(-c2cc(Cl)ccc2F)cc(C)c1CO. The number of hydrogen-bond acceptors (Lipinski definition) is 1. The molecule has 0 atom stereocenters. The number of halogens is 2. The van der Waals surface area contributed by atoms with Crippen LogP contribution in [0, 0.1) is 19.7 Å². The zero-order valence-electron chi connectivity index (χ0n) is 10.3. The average molecular weight is 265 g/mol. The smallest absolute Gasteiger partial charge is 0.131 e. The van der Waals surface area contributed by atoms with Crippen LogP contribution in [0.15, 0.2) is 30.3 Å². The number of aliphatic hydroxyl groups is 1. The molecular weight excluding hydrogens is 251 g/mol. The molecule has 0 fully saturated rings. The van der Waals surface area contributed by atoms with E-state index in [9.17, 15) is 9.50 Å². The summed E-state index contributed by atoms with van der Waals surface area (Å²) >= 11 is 5.90. The van der Waals surface area contributed by atoms with Gasteiger partial charge < -0.3 is 5.11 Å². The van der Waals surface area contributed by atoms with Crippen LogP contribution in [-0.2, 0) is 6.61 Å². The monoisotopic (exact) mass is 264 g/mol. The second-order valence-electron chi connectivity index (χ2n) is 4.37. The second-order valence-corrected chi connectivity index (χ2v) is 4.81. The van der Waals surface area contributed by atoms with Gasteiger partial charge >= 0.3 is 0 Å². The molecule has 94 valence electrons. The maximum Gasteiger partial charge on any atom is 0.131 e. The third kappa shape index (κ3) is 2.40. The van der Waals surface area contributed by atoms with E-state index in [4.69, 9.17) is 11.6 Å². The third-order valence-corrected chi connectivity index (χ3v) is 3.33. The molecule has 0 aliphatic carbocycles. The molecule has 0 aromatic heterocycles. The summed E-state index contributed by atoms with van der Waals surface area (Å²) in [6, 6.07) is 8.24. The van der Waals surface area contributed by atoms with E-state index in [2.05, 4.69) is 0 Å². The van der Waals surface area contributed by atoms with E-state index >= 15 is 0 Å². The first-order valence-electron chi connectivity index (χ1n) is 5.69. The van der Waals surface area contributed by atoms with Crippen molar-refractivity contribution in [2.24, 2.45) is 0 Å². The first-order valence-corrected chi connectivity index (χ1v) is 6.07. The number of aryl methyl sites for hydroxylation is 2. The fraction of sp³-hybridized carbons (Fsp3) is 0.200. The second kappa shape index (κ2) is 5.09. The lowest BCUT2D eigenvalue weighted by Crippen LogP contribution is -1.95. The van der Waals surface area contributed by atoms with Crippen molar-refractivity contribution in [3.63, 3.8) is 0 Å². The molecular formula is C15H14ClFO. The van der Waals surface area contributed by atoms with E-state index in [-0.39, 0.29) is 12.4 Å². The van der Waals surface area contributed by atoms with Gasteiger partial charge in [0.05, 0.1) is 6.61 Å². The molecule has 0 bridgehead atoms.